The number of pyridine rings is 1. The number of ether oxygens (including phenoxy) is 2. The summed E-state index contributed by atoms with van der Waals surface area (Å²) < 4.78 is 10.0. The molecule has 49 heavy (non-hydrogen) atoms. The molecule has 2 aliphatic heterocycles. The zero-order chi connectivity index (χ0) is 35.5. The molecule has 2 N–H and O–H groups in total. The number of nitrogens with zero attached hydrogens (tertiary/aromatic N) is 6. The summed E-state index contributed by atoms with van der Waals surface area (Å²) in [5.41, 5.74) is 1.76. The van der Waals surface area contributed by atoms with Gasteiger partial charge in [0, 0.05) is 57.8 Å². The maximum atomic E-state index is 12.3. The number of aromatic nitrogens is 1. The van der Waals surface area contributed by atoms with E-state index in [1.807, 2.05) is 50.9 Å². The number of aliphatic hydroxyl groups is 2. The molecule has 3 heterocycles. The molecule has 2 saturated heterocycles. The van der Waals surface area contributed by atoms with Crippen molar-refractivity contribution in [3.63, 3.8) is 0 Å². The van der Waals surface area contributed by atoms with E-state index in [4.69, 9.17) is 19.7 Å². The Bertz CT molecular complexity index is 1140. The summed E-state index contributed by atoms with van der Waals surface area (Å²) in [6.45, 7) is 15.6. The van der Waals surface area contributed by atoms with Gasteiger partial charge in [0.2, 0.25) is 11.8 Å². The Morgan fingerprint density at radius 2 is 1.35 bits per heavy atom. The molecule has 3 rings (SSSR count). The maximum absolute atomic E-state index is 12.3. The van der Waals surface area contributed by atoms with Gasteiger partial charge in [-0.25, -0.2) is 0 Å². The van der Waals surface area contributed by atoms with Gasteiger partial charge in [-0.1, -0.05) is 40.3 Å². The molecular weight excluding hydrogens is 675 g/mol. The third-order valence-corrected chi connectivity index (χ3v) is 8.22. The summed E-state index contributed by atoms with van der Waals surface area (Å²) in [4.78, 5) is 61.9. The molecule has 277 valence electrons. The number of rotatable bonds is 20. The first-order valence-corrected chi connectivity index (χ1v) is 17.1. The van der Waals surface area contributed by atoms with Crippen LogP contribution in [0.2, 0.25) is 0 Å². The summed E-state index contributed by atoms with van der Waals surface area (Å²) in [6.07, 6.45) is 3.02. The van der Waals surface area contributed by atoms with Crippen LogP contribution in [0.15, 0.2) is 18.2 Å². The minimum absolute atomic E-state index is 0. The number of esters is 2. The fraction of sp³-hybridized carbons (Fsp3) is 0.676. The largest absolute Gasteiger partial charge is 2.00 e. The second-order valence-electron chi connectivity index (χ2n) is 12.0. The Hall–Kier alpha value is -2.65. The van der Waals surface area contributed by atoms with Gasteiger partial charge in [-0.15, -0.1) is 0 Å². The van der Waals surface area contributed by atoms with Crippen LogP contribution in [0, 0.1) is 20.4 Å². The van der Waals surface area contributed by atoms with Crippen LogP contribution in [-0.4, -0.2) is 142 Å². The molecule has 1 aromatic rings. The number of aliphatic hydroxyl groups excluding tert-OH is 2. The molecule has 2 aliphatic rings. The van der Waals surface area contributed by atoms with Crippen molar-refractivity contribution in [2.24, 2.45) is 0 Å². The third-order valence-electron chi connectivity index (χ3n) is 8.22. The topological polar surface area (TPSA) is 156 Å². The van der Waals surface area contributed by atoms with Gasteiger partial charge in [0.05, 0.1) is 31.0 Å². The van der Waals surface area contributed by atoms with E-state index in [0.717, 1.165) is 37.3 Å². The predicted molar refractivity (Wildman–Crippen MR) is 179 cm³/mol. The normalized spacial score (nSPS) is 17.6. The van der Waals surface area contributed by atoms with Crippen LogP contribution in [0.25, 0.3) is 0 Å². The molecule has 0 bridgehead atoms. The minimum Gasteiger partial charge on any atom is -0.621 e. The van der Waals surface area contributed by atoms with Crippen molar-refractivity contribution in [2.45, 2.75) is 84.8 Å². The number of hydrogen-bond acceptors (Lipinski definition) is 12. The molecule has 0 saturated carbocycles. The van der Waals surface area contributed by atoms with Gasteiger partial charge in [-0.05, 0) is 64.9 Å². The minimum atomic E-state index is -0.483. The smallest absolute Gasteiger partial charge is 0.621 e. The molecule has 0 aliphatic carbocycles. The van der Waals surface area contributed by atoms with E-state index in [1.54, 1.807) is 14.7 Å². The first-order valence-electron chi connectivity index (χ1n) is 17.1. The van der Waals surface area contributed by atoms with Crippen LogP contribution in [0.4, 0.5) is 0 Å². The molecule has 1 radical (unpaired) electrons. The summed E-state index contributed by atoms with van der Waals surface area (Å²) in [7, 11) is 2.02. The van der Waals surface area contributed by atoms with Crippen molar-refractivity contribution in [1.29, 1.82) is 0 Å². The average molecular weight is 732 g/mol. The van der Waals surface area contributed by atoms with E-state index in [1.165, 1.54) is 13.5 Å². The van der Waals surface area contributed by atoms with E-state index in [9.17, 15) is 19.2 Å². The van der Waals surface area contributed by atoms with E-state index < -0.39 is 6.04 Å². The van der Waals surface area contributed by atoms with Crippen LogP contribution in [0.1, 0.15) is 70.7 Å². The second-order valence-corrected chi connectivity index (χ2v) is 12.0. The SMILES string of the molecule is CCCN(CCO)C(=O)CCC1C(=O)O[CH-]N1CCN(C)CC.CCCN(CCO)C(=O)CCC1C(=O)O[CH-]N1Cc1cccc(C)n1.[Mn+2]. The van der Waals surface area contributed by atoms with Gasteiger partial charge >= 0.3 is 17.1 Å². The zero-order valence-corrected chi connectivity index (χ0v) is 30.9. The molecule has 2 unspecified atom stereocenters. The Kier molecular flexibility index (Phi) is 22.2. The number of hydrogen-bond donors (Lipinski definition) is 2. The molecule has 0 spiro atoms. The molecule has 14 nitrogen and oxygen atoms in total. The summed E-state index contributed by atoms with van der Waals surface area (Å²) >= 11 is 0. The average Bonchev–Trinajstić information content (AvgIpc) is 3.61. The monoisotopic (exact) mass is 731 g/mol. The fourth-order valence-corrected chi connectivity index (χ4v) is 5.40. The molecule has 2 fully saturated rings. The Morgan fingerprint density at radius 3 is 1.82 bits per heavy atom. The number of carbonyl (C=O) groups excluding carboxylic acids is 4. The molecular formula is C34H56MnN6O8. The summed E-state index contributed by atoms with van der Waals surface area (Å²) in [6, 6.07) is 4.87. The van der Waals surface area contributed by atoms with Gasteiger partial charge in [0.15, 0.2) is 0 Å². The van der Waals surface area contributed by atoms with Crippen molar-refractivity contribution in [1.82, 2.24) is 29.5 Å². The van der Waals surface area contributed by atoms with Gasteiger partial charge < -0.3 is 44.2 Å². The van der Waals surface area contributed by atoms with Crippen LogP contribution in [0.3, 0.4) is 0 Å². The van der Waals surface area contributed by atoms with Gasteiger partial charge in [-0.3, -0.25) is 24.2 Å². The summed E-state index contributed by atoms with van der Waals surface area (Å²) in [5, 5.41) is 18.1. The Labute approximate surface area is 302 Å². The van der Waals surface area contributed by atoms with Crippen molar-refractivity contribution in [3.8, 4) is 0 Å². The van der Waals surface area contributed by atoms with Gasteiger partial charge in [-0.2, -0.15) is 0 Å². The third kappa shape index (κ3) is 15.4. The van der Waals surface area contributed by atoms with Crippen LogP contribution < -0.4 is 0 Å². The molecule has 2 amide bonds. The number of cyclic esters (lactones) is 2. The summed E-state index contributed by atoms with van der Waals surface area (Å²) in [5.74, 6) is -0.707. The molecule has 2 atom stereocenters. The fourth-order valence-electron chi connectivity index (χ4n) is 5.40. The first-order chi connectivity index (χ1) is 23.1. The van der Waals surface area contributed by atoms with E-state index in [0.29, 0.717) is 52.1 Å². The first kappa shape index (κ1) is 44.4. The van der Waals surface area contributed by atoms with Crippen molar-refractivity contribution in [2.75, 3.05) is 66.1 Å². The van der Waals surface area contributed by atoms with Gasteiger partial charge in [0.25, 0.3) is 11.9 Å². The maximum Gasteiger partial charge on any atom is 2.00 e. The number of carbonyl (C=O) groups is 4. The van der Waals surface area contributed by atoms with E-state index in [2.05, 4.69) is 16.8 Å². The predicted octanol–water partition coefficient (Wildman–Crippen LogP) is 1.54. The molecule has 15 heteroatoms. The number of aryl methyl sites for hydroxylation is 1. The van der Waals surface area contributed by atoms with Crippen molar-refractivity contribution in [3.05, 3.63) is 43.0 Å². The Balaban J connectivity index is 0.000000482. The van der Waals surface area contributed by atoms with Crippen LogP contribution in [0.5, 0.6) is 0 Å². The van der Waals surface area contributed by atoms with Gasteiger partial charge in [0.1, 0.15) is 0 Å². The number of likely N-dealkylation sites (N-methyl/N-ethyl adjacent to an activating group) is 1. The van der Waals surface area contributed by atoms with Crippen LogP contribution in [-0.2, 0) is 52.3 Å². The van der Waals surface area contributed by atoms with Crippen molar-refractivity contribution < 1.29 is 55.9 Å². The second kappa shape index (κ2) is 24.5. The zero-order valence-electron chi connectivity index (χ0n) is 29.8. The van der Waals surface area contributed by atoms with Crippen LogP contribution >= 0.6 is 0 Å². The quantitative estimate of drug-likeness (QED) is 0.114. The molecule has 1 aromatic heterocycles. The Morgan fingerprint density at radius 1 is 0.837 bits per heavy atom. The van der Waals surface area contributed by atoms with E-state index in [-0.39, 0.29) is 72.9 Å². The van der Waals surface area contributed by atoms with Crippen molar-refractivity contribution >= 4 is 23.8 Å². The standard InChI is InChI=1S/C18H26N3O4.C16H30N3O4.Mn/c1-3-9-20(10-11-22)17(23)8-7-16-18(24)25-13-21(16)12-15-6-4-5-14(2)19-15;1-4-8-18(11-12-20)15(21)7-6-14-16(22)23-13-19(14)10-9-17(3)5-2;/h4-6,13,16,22H,3,7-12H2,1-2H3;13-14,20H,4-12H2,1-3H3;/q2*-1;+2. The van der Waals surface area contributed by atoms with E-state index >= 15 is 0 Å². The number of amides is 2. The molecule has 0 aromatic carbocycles.